The second kappa shape index (κ2) is 5.87. The fraction of sp³-hybridized carbons (Fsp3) is 0. The number of aliphatic hydroxyl groups is 1. The van der Waals surface area contributed by atoms with E-state index in [1.165, 1.54) is 0 Å². The summed E-state index contributed by atoms with van der Waals surface area (Å²) < 4.78 is 5.63. The number of hydrogen-bond donors (Lipinski definition) is 1. The van der Waals surface area contributed by atoms with Gasteiger partial charge in [0.2, 0.25) is 5.89 Å². The lowest BCUT2D eigenvalue weighted by Crippen LogP contribution is -1.90. The van der Waals surface area contributed by atoms with E-state index in [1.54, 1.807) is 42.5 Å². The van der Waals surface area contributed by atoms with Gasteiger partial charge >= 0.3 is 0 Å². The standard InChI is InChI=1S/C18H10N2O2/c19-12-6-9-14(17(21)13-7-2-1-3-8-13)18-20-15-10-4-5-11-16(15)22-18/h1-5,7-8,10-11,21H/b17-14+. The summed E-state index contributed by atoms with van der Waals surface area (Å²) in [5.74, 6) is 5.00. The first kappa shape index (κ1) is 13.5. The Bertz CT molecular complexity index is 918. The molecule has 1 aromatic heterocycles. The van der Waals surface area contributed by atoms with Crippen LogP contribution < -0.4 is 0 Å². The molecular formula is C18H10N2O2. The lowest BCUT2D eigenvalue weighted by atomic mass is 10.1. The third kappa shape index (κ3) is 2.54. The summed E-state index contributed by atoms with van der Waals surface area (Å²) in [6, 6.07) is 17.9. The average molecular weight is 286 g/mol. The highest BCUT2D eigenvalue weighted by Gasteiger charge is 2.15. The van der Waals surface area contributed by atoms with Gasteiger partial charge in [-0.05, 0) is 18.1 Å². The minimum absolute atomic E-state index is 0.0742. The Labute approximate surface area is 127 Å². The zero-order chi connectivity index (χ0) is 15.4. The maximum atomic E-state index is 10.5. The number of hydrogen-bond acceptors (Lipinski definition) is 4. The summed E-state index contributed by atoms with van der Waals surface area (Å²) in [4.78, 5) is 4.32. The molecule has 1 heterocycles. The normalized spacial score (nSPS) is 11.2. The van der Waals surface area contributed by atoms with Crippen molar-refractivity contribution < 1.29 is 9.52 Å². The first-order valence-corrected chi connectivity index (χ1v) is 6.54. The third-order valence-corrected chi connectivity index (χ3v) is 3.04. The molecular weight excluding hydrogens is 276 g/mol. The summed E-state index contributed by atoms with van der Waals surface area (Å²) in [5.41, 5.74) is 2.01. The molecule has 0 amide bonds. The van der Waals surface area contributed by atoms with E-state index < -0.39 is 0 Å². The van der Waals surface area contributed by atoms with E-state index >= 15 is 0 Å². The number of fused-ring (bicyclic) bond motifs is 1. The predicted octanol–water partition coefficient (Wildman–Crippen LogP) is 3.78. The molecule has 22 heavy (non-hydrogen) atoms. The number of allylic oxidation sites excluding steroid dienone is 1. The van der Waals surface area contributed by atoms with Crippen LogP contribution in [0.2, 0.25) is 0 Å². The second-order valence-corrected chi connectivity index (χ2v) is 4.44. The summed E-state index contributed by atoms with van der Waals surface area (Å²) in [5, 5.41) is 19.1. The summed E-state index contributed by atoms with van der Waals surface area (Å²) in [6.45, 7) is 0. The highest BCUT2D eigenvalue weighted by molar-refractivity contribution is 5.94. The Morgan fingerprint density at radius 1 is 1.05 bits per heavy atom. The van der Waals surface area contributed by atoms with Gasteiger partial charge in [-0.25, -0.2) is 4.98 Å². The van der Waals surface area contributed by atoms with Crippen molar-refractivity contribution in [2.45, 2.75) is 0 Å². The van der Waals surface area contributed by atoms with Crippen LogP contribution in [0.5, 0.6) is 0 Å². The molecule has 0 saturated heterocycles. The Kier molecular flexibility index (Phi) is 3.59. The number of oxazole rings is 1. The molecule has 3 aromatic rings. The summed E-state index contributed by atoms with van der Waals surface area (Å²) in [6.07, 6.45) is 0. The lowest BCUT2D eigenvalue weighted by Gasteiger charge is -2.02. The van der Waals surface area contributed by atoms with Crippen molar-refractivity contribution >= 4 is 22.4 Å². The molecule has 0 fully saturated rings. The largest absolute Gasteiger partial charge is 0.506 e. The molecule has 104 valence electrons. The Morgan fingerprint density at radius 3 is 2.50 bits per heavy atom. The number of nitriles is 1. The van der Waals surface area contributed by atoms with Gasteiger partial charge in [0.1, 0.15) is 16.8 Å². The van der Waals surface area contributed by atoms with Gasteiger partial charge in [0, 0.05) is 11.5 Å². The molecule has 0 bridgehead atoms. The highest BCUT2D eigenvalue weighted by Crippen LogP contribution is 2.26. The van der Waals surface area contributed by atoms with E-state index in [1.807, 2.05) is 18.2 Å². The monoisotopic (exact) mass is 286 g/mol. The molecule has 4 heteroatoms. The average Bonchev–Trinajstić information content (AvgIpc) is 2.99. The fourth-order valence-electron chi connectivity index (χ4n) is 2.02. The van der Waals surface area contributed by atoms with Crippen molar-refractivity contribution in [1.29, 1.82) is 5.26 Å². The molecule has 0 unspecified atom stereocenters. The number of aliphatic hydroxyl groups excluding tert-OH is 1. The topological polar surface area (TPSA) is 70.0 Å². The van der Waals surface area contributed by atoms with E-state index in [4.69, 9.17) is 9.68 Å². The van der Waals surface area contributed by atoms with Gasteiger partial charge in [0.15, 0.2) is 11.7 Å². The molecule has 1 N–H and O–H groups in total. The summed E-state index contributed by atoms with van der Waals surface area (Å²) >= 11 is 0. The number of rotatable bonds is 2. The molecule has 0 aliphatic rings. The van der Waals surface area contributed by atoms with Crippen LogP contribution in [0.3, 0.4) is 0 Å². The number of benzene rings is 2. The molecule has 0 atom stereocenters. The Hall–Kier alpha value is -3.50. The maximum Gasteiger partial charge on any atom is 0.239 e. The van der Waals surface area contributed by atoms with Crippen LogP contribution in [-0.2, 0) is 0 Å². The van der Waals surface area contributed by atoms with E-state index in [9.17, 15) is 5.11 Å². The maximum absolute atomic E-state index is 10.5. The minimum Gasteiger partial charge on any atom is -0.506 e. The molecule has 0 saturated carbocycles. The van der Waals surface area contributed by atoms with E-state index in [0.717, 1.165) is 0 Å². The molecule has 4 nitrogen and oxygen atoms in total. The van der Waals surface area contributed by atoms with Crippen LogP contribution >= 0.6 is 0 Å². The summed E-state index contributed by atoms with van der Waals surface area (Å²) in [7, 11) is 0. The fourth-order valence-corrected chi connectivity index (χ4v) is 2.02. The van der Waals surface area contributed by atoms with E-state index in [2.05, 4.69) is 16.8 Å². The van der Waals surface area contributed by atoms with Crippen molar-refractivity contribution in [2.24, 2.45) is 0 Å². The van der Waals surface area contributed by atoms with Crippen LogP contribution in [-0.4, -0.2) is 10.1 Å². The van der Waals surface area contributed by atoms with Gasteiger partial charge in [-0.2, -0.15) is 5.26 Å². The molecule has 0 spiro atoms. The zero-order valence-corrected chi connectivity index (χ0v) is 11.4. The van der Waals surface area contributed by atoms with Crippen molar-refractivity contribution in [3.05, 3.63) is 66.1 Å². The molecule has 0 radical (unpaired) electrons. The van der Waals surface area contributed by atoms with Crippen LogP contribution in [0.1, 0.15) is 11.5 Å². The minimum atomic E-state index is -0.0742. The number of para-hydroxylation sites is 2. The first-order chi connectivity index (χ1) is 10.8. The molecule has 2 aromatic carbocycles. The van der Waals surface area contributed by atoms with Crippen molar-refractivity contribution in [3.8, 4) is 17.9 Å². The van der Waals surface area contributed by atoms with Crippen LogP contribution in [0.15, 0.2) is 59.0 Å². The third-order valence-electron chi connectivity index (χ3n) is 3.04. The van der Waals surface area contributed by atoms with Gasteiger partial charge in [-0.1, -0.05) is 42.5 Å². The van der Waals surface area contributed by atoms with Crippen molar-refractivity contribution in [1.82, 2.24) is 4.98 Å². The zero-order valence-electron chi connectivity index (χ0n) is 11.4. The quantitative estimate of drug-likeness (QED) is 0.575. The second-order valence-electron chi connectivity index (χ2n) is 4.44. The van der Waals surface area contributed by atoms with Crippen LogP contribution in [0, 0.1) is 23.2 Å². The van der Waals surface area contributed by atoms with Gasteiger partial charge in [0.25, 0.3) is 0 Å². The SMILES string of the molecule is N#CC#C/C(=C(\O)c1ccccc1)c1nc2ccccc2o1. The Balaban J connectivity index is 2.21. The highest BCUT2D eigenvalue weighted by atomic mass is 16.3. The van der Waals surface area contributed by atoms with Gasteiger partial charge in [0.05, 0.1) is 0 Å². The van der Waals surface area contributed by atoms with Gasteiger partial charge < -0.3 is 9.52 Å². The van der Waals surface area contributed by atoms with Gasteiger partial charge in [-0.3, -0.25) is 0 Å². The number of aromatic nitrogens is 1. The first-order valence-electron chi connectivity index (χ1n) is 6.54. The molecule has 0 aliphatic heterocycles. The van der Waals surface area contributed by atoms with E-state index in [-0.39, 0.29) is 17.2 Å². The van der Waals surface area contributed by atoms with Crippen LogP contribution in [0.4, 0.5) is 0 Å². The van der Waals surface area contributed by atoms with E-state index in [0.29, 0.717) is 16.7 Å². The molecule has 0 aliphatic carbocycles. The lowest BCUT2D eigenvalue weighted by molar-refractivity contribution is 0.510. The smallest absolute Gasteiger partial charge is 0.239 e. The predicted molar refractivity (Wildman–Crippen MR) is 83.3 cm³/mol. The van der Waals surface area contributed by atoms with Gasteiger partial charge in [-0.15, -0.1) is 0 Å². The van der Waals surface area contributed by atoms with Crippen molar-refractivity contribution in [3.63, 3.8) is 0 Å². The Morgan fingerprint density at radius 2 is 1.77 bits per heavy atom. The van der Waals surface area contributed by atoms with Crippen molar-refractivity contribution in [2.75, 3.05) is 0 Å². The molecule has 3 rings (SSSR count). The number of nitrogens with zero attached hydrogens (tertiary/aromatic N) is 2. The van der Waals surface area contributed by atoms with Crippen LogP contribution in [0.25, 0.3) is 22.4 Å².